The van der Waals surface area contributed by atoms with Crippen molar-refractivity contribution in [3.8, 4) is 0 Å². The molecular weight excluding hydrogens is 282 g/mol. The van der Waals surface area contributed by atoms with Crippen LogP contribution < -0.4 is 5.32 Å². The van der Waals surface area contributed by atoms with Gasteiger partial charge in [-0.3, -0.25) is 0 Å². The molecule has 1 aromatic rings. The maximum absolute atomic E-state index is 12.4. The second-order valence-corrected chi connectivity index (χ2v) is 9.00. The van der Waals surface area contributed by atoms with Crippen LogP contribution in [0, 0.1) is 11.8 Å². The number of hydrogen-bond acceptors (Lipinski definition) is 3. The van der Waals surface area contributed by atoms with E-state index in [1.54, 1.807) is 6.07 Å². The molecule has 1 aromatic carbocycles. The van der Waals surface area contributed by atoms with Gasteiger partial charge in [-0.2, -0.15) is 0 Å². The van der Waals surface area contributed by atoms with Crippen molar-refractivity contribution in [2.45, 2.75) is 50.0 Å². The van der Waals surface area contributed by atoms with Crippen molar-refractivity contribution in [3.05, 3.63) is 29.8 Å². The Balaban J connectivity index is 1.84. The molecule has 4 heteroatoms. The van der Waals surface area contributed by atoms with E-state index in [1.807, 2.05) is 18.2 Å². The maximum Gasteiger partial charge on any atom is 0.179 e. The van der Waals surface area contributed by atoms with E-state index < -0.39 is 9.84 Å². The lowest BCUT2D eigenvalue weighted by molar-refractivity contribution is 0.344. The fourth-order valence-electron chi connectivity index (χ4n) is 3.48. The Morgan fingerprint density at radius 2 is 1.95 bits per heavy atom. The van der Waals surface area contributed by atoms with E-state index >= 15 is 0 Å². The summed E-state index contributed by atoms with van der Waals surface area (Å²) in [4.78, 5) is 0.565. The second kappa shape index (κ2) is 5.73. The third-order valence-corrected chi connectivity index (χ3v) is 6.48. The fourth-order valence-corrected chi connectivity index (χ4v) is 5.45. The lowest BCUT2D eigenvalue weighted by atomic mass is 9.82. The molecule has 1 fully saturated rings. The zero-order valence-corrected chi connectivity index (χ0v) is 13.7. The van der Waals surface area contributed by atoms with Crippen LogP contribution in [-0.2, 0) is 9.84 Å². The highest BCUT2D eigenvalue weighted by Gasteiger charge is 2.39. The van der Waals surface area contributed by atoms with Crippen molar-refractivity contribution in [1.82, 2.24) is 5.32 Å². The van der Waals surface area contributed by atoms with Crippen LogP contribution >= 0.6 is 0 Å². The molecule has 1 saturated carbocycles. The van der Waals surface area contributed by atoms with Gasteiger partial charge in [0.25, 0.3) is 0 Å². The lowest BCUT2D eigenvalue weighted by Crippen LogP contribution is -2.30. The molecule has 0 saturated heterocycles. The van der Waals surface area contributed by atoms with Crippen LogP contribution in [0.1, 0.15) is 44.6 Å². The first-order valence-electron chi connectivity index (χ1n) is 8.02. The zero-order valence-electron chi connectivity index (χ0n) is 12.9. The van der Waals surface area contributed by atoms with Gasteiger partial charge in [-0.1, -0.05) is 32.0 Å². The van der Waals surface area contributed by atoms with Crippen molar-refractivity contribution >= 4 is 9.84 Å². The Bertz CT molecular complexity index is 605. The lowest BCUT2D eigenvalue weighted by Gasteiger charge is -2.26. The average molecular weight is 307 g/mol. The minimum atomic E-state index is -3.09. The van der Waals surface area contributed by atoms with Gasteiger partial charge in [0.2, 0.25) is 0 Å². The SMILES string of the molecule is CC(C)CC(CNC1CC1)C1CS(=O)(=O)c2ccccc21. The van der Waals surface area contributed by atoms with E-state index in [-0.39, 0.29) is 11.7 Å². The molecule has 21 heavy (non-hydrogen) atoms. The number of benzene rings is 1. The summed E-state index contributed by atoms with van der Waals surface area (Å²) in [5, 5.41) is 3.60. The van der Waals surface area contributed by atoms with Crippen LogP contribution in [0.15, 0.2) is 29.2 Å². The van der Waals surface area contributed by atoms with Crippen molar-refractivity contribution < 1.29 is 8.42 Å². The molecule has 0 radical (unpaired) electrons. The zero-order chi connectivity index (χ0) is 15.0. The summed E-state index contributed by atoms with van der Waals surface area (Å²) in [5.41, 5.74) is 1.04. The fraction of sp³-hybridized carbons (Fsp3) is 0.647. The first-order chi connectivity index (χ1) is 9.97. The second-order valence-electron chi connectivity index (χ2n) is 7.00. The summed E-state index contributed by atoms with van der Waals surface area (Å²) in [6.45, 7) is 5.39. The highest BCUT2D eigenvalue weighted by atomic mass is 32.2. The number of hydrogen-bond donors (Lipinski definition) is 1. The summed E-state index contributed by atoms with van der Waals surface area (Å²) < 4.78 is 24.8. The maximum atomic E-state index is 12.4. The van der Waals surface area contributed by atoms with E-state index in [0.717, 1.165) is 18.5 Å². The number of fused-ring (bicyclic) bond motifs is 1. The van der Waals surface area contributed by atoms with E-state index in [2.05, 4.69) is 19.2 Å². The molecule has 1 N–H and O–H groups in total. The average Bonchev–Trinajstić information content (AvgIpc) is 3.21. The van der Waals surface area contributed by atoms with Gasteiger partial charge >= 0.3 is 0 Å². The minimum Gasteiger partial charge on any atom is -0.314 e. The summed E-state index contributed by atoms with van der Waals surface area (Å²) in [5.74, 6) is 1.44. The number of nitrogens with one attached hydrogen (secondary N) is 1. The molecule has 2 atom stereocenters. The summed E-state index contributed by atoms with van der Waals surface area (Å²) >= 11 is 0. The summed E-state index contributed by atoms with van der Waals surface area (Å²) in [7, 11) is -3.09. The highest BCUT2D eigenvalue weighted by molar-refractivity contribution is 7.91. The molecule has 2 unspecified atom stereocenters. The van der Waals surface area contributed by atoms with Crippen LogP contribution in [0.4, 0.5) is 0 Å². The van der Waals surface area contributed by atoms with Gasteiger partial charge in [-0.15, -0.1) is 0 Å². The number of rotatable bonds is 6. The molecule has 3 rings (SSSR count). The van der Waals surface area contributed by atoms with Crippen molar-refractivity contribution in [3.63, 3.8) is 0 Å². The van der Waals surface area contributed by atoms with Gasteiger partial charge in [0, 0.05) is 12.0 Å². The van der Waals surface area contributed by atoms with Gasteiger partial charge in [0.1, 0.15) is 0 Å². The van der Waals surface area contributed by atoms with E-state index in [9.17, 15) is 8.42 Å². The molecule has 0 spiro atoms. The Kier molecular flexibility index (Phi) is 4.10. The van der Waals surface area contributed by atoms with Gasteiger partial charge in [0.15, 0.2) is 9.84 Å². The standard InChI is InChI=1S/C17H25NO2S/c1-12(2)9-13(10-18-14-7-8-14)16-11-21(19,20)17-6-4-3-5-15(16)17/h3-6,12-14,16,18H,7-11H2,1-2H3. The van der Waals surface area contributed by atoms with Gasteiger partial charge in [-0.05, 0) is 49.3 Å². The normalized spacial score (nSPS) is 25.0. The first kappa shape index (κ1) is 15.0. The smallest absolute Gasteiger partial charge is 0.179 e. The van der Waals surface area contributed by atoms with Crippen LogP contribution in [0.2, 0.25) is 0 Å². The molecule has 1 aliphatic heterocycles. The molecule has 3 nitrogen and oxygen atoms in total. The third-order valence-electron chi connectivity index (χ3n) is 4.64. The molecule has 1 aliphatic carbocycles. The molecule has 2 aliphatic rings. The van der Waals surface area contributed by atoms with Gasteiger partial charge in [-0.25, -0.2) is 8.42 Å². The van der Waals surface area contributed by atoms with Crippen LogP contribution in [0.3, 0.4) is 0 Å². The van der Waals surface area contributed by atoms with Crippen molar-refractivity contribution in [1.29, 1.82) is 0 Å². The van der Waals surface area contributed by atoms with E-state index in [1.165, 1.54) is 12.8 Å². The Morgan fingerprint density at radius 3 is 2.62 bits per heavy atom. The summed E-state index contributed by atoms with van der Waals surface area (Å²) in [6.07, 6.45) is 3.62. The molecule has 0 bridgehead atoms. The third kappa shape index (κ3) is 3.32. The van der Waals surface area contributed by atoms with Crippen LogP contribution in [-0.4, -0.2) is 26.8 Å². The van der Waals surface area contributed by atoms with Crippen LogP contribution in [0.25, 0.3) is 0 Å². The van der Waals surface area contributed by atoms with Crippen molar-refractivity contribution in [2.75, 3.05) is 12.3 Å². The Labute approximate surface area is 128 Å². The van der Waals surface area contributed by atoms with Gasteiger partial charge < -0.3 is 5.32 Å². The highest BCUT2D eigenvalue weighted by Crippen LogP contribution is 2.41. The topological polar surface area (TPSA) is 46.2 Å². The van der Waals surface area contributed by atoms with E-state index in [0.29, 0.717) is 22.8 Å². The molecule has 1 heterocycles. The minimum absolute atomic E-state index is 0.153. The monoisotopic (exact) mass is 307 g/mol. The Hall–Kier alpha value is -0.870. The van der Waals surface area contributed by atoms with Crippen molar-refractivity contribution in [2.24, 2.45) is 11.8 Å². The largest absolute Gasteiger partial charge is 0.314 e. The number of sulfone groups is 1. The molecular formula is C17H25NO2S. The van der Waals surface area contributed by atoms with E-state index in [4.69, 9.17) is 0 Å². The quantitative estimate of drug-likeness (QED) is 0.879. The predicted octanol–water partition coefficient (Wildman–Crippen LogP) is 2.97. The van der Waals surface area contributed by atoms with Crippen LogP contribution in [0.5, 0.6) is 0 Å². The first-order valence-corrected chi connectivity index (χ1v) is 9.67. The molecule has 116 valence electrons. The molecule has 0 aromatic heterocycles. The van der Waals surface area contributed by atoms with Gasteiger partial charge in [0.05, 0.1) is 10.6 Å². The summed E-state index contributed by atoms with van der Waals surface area (Å²) in [6, 6.07) is 8.25. The predicted molar refractivity (Wildman–Crippen MR) is 85.2 cm³/mol. The molecule has 0 amide bonds. The Morgan fingerprint density at radius 1 is 1.24 bits per heavy atom.